The molecule has 3 rings (SSSR count). The number of ether oxygens (including phenoxy) is 1. The van der Waals surface area contributed by atoms with Gasteiger partial charge in [-0.05, 0) is 25.0 Å². The van der Waals surface area contributed by atoms with Crippen molar-refractivity contribution in [1.82, 2.24) is 14.8 Å². The van der Waals surface area contributed by atoms with Crippen LogP contribution in [0.3, 0.4) is 0 Å². The van der Waals surface area contributed by atoms with Crippen LogP contribution >= 0.6 is 0 Å². The van der Waals surface area contributed by atoms with Gasteiger partial charge < -0.3 is 14.2 Å². The van der Waals surface area contributed by atoms with E-state index in [9.17, 15) is 10.1 Å². The molecule has 1 fully saturated rings. The van der Waals surface area contributed by atoms with Crippen LogP contribution in [0.4, 0.5) is 11.4 Å². The molecular formula is C15H19N5O3. The van der Waals surface area contributed by atoms with E-state index in [1.54, 1.807) is 24.5 Å². The van der Waals surface area contributed by atoms with Gasteiger partial charge in [0.05, 0.1) is 12.0 Å². The molecular weight excluding hydrogens is 298 g/mol. The van der Waals surface area contributed by atoms with Crippen LogP contribution in [-0.2, 0) is 7.05 Å². The van der Waals surface area contributed by atoms with E-state index in [2.05, 4.69) is 10.2 Å². The Balaban J connectivity index is 1.93. The minimum absolute atomic E-state index is 0.0219. The molecule has 1 unspecified atom stereocenters. The molecule has 0 radical (unpaired) electrons. The Kier molecular flexibility index (Phi) is 4.14. The van der Waals surface area contributed by atoms with E-state index in [0.29, 0.717) is 12.2 Å². The largest absolute Gasteiger partial charge is 0.490 e. The highest BCUT2D eigenvalue weighted by Crippen LogP contribution is 2.39. The molecule has 1 saturated heterocycles. The van der Waals surface area contributed by atoms with E-state index < -0.39 is 0 Å². The van der Waals surface area contributed by atoms with Crippen LogP contribution in [0.15, 0.2) is 24.5 Å². The fourth-order valence-corrected chi connectivity index (χ4v) is 3.18. The average molecular weight is 317 g/mol. The molecule has 2 heterocycles. The van der Waals surface area contributed by atoms with E-state index in [1.165, 1.54) is 7.11 Å². The minimum Gasteiger partial charge on any atom is -0.490 e. The predicted octanol–water partition coefficient (Wildman–Crippen LogP) is 2.12. The van der Waals surface area contributed by atoms with Gasteiger partial charge in [0.15, 0.2) is 5.75 Å². The lowest BCUT2D eigenvalue weighted by Crippen LogP contribution is -2.35. The number of aromatic nitrogens is 3. The molecule has 1 aliphatic rings. The van der Waals surface area contributed by atoms with Gasteiger partial charge in [-0.15, -0.1) is 10.2 Å². The van der Waals surface area contributed by atoms with Gasteiger partial charge in [0.2, 0.25) is 0 Å². The number of piperidine rings is 1. The summed E-state index contributed by atoms with van der Waals surface area (Å²) in [5, 5.41) is 19.6. The van der Waals surface area contributed by atoms with Gasteiger partial charge in [0.1, 0.15) is 17.8 Å². The predicted molar refractivity (Wildman–Crippen MR) is 84.8 cm³/mol. The summed E-state index contributed by atoms with van der Waals surface area (Å²) in [7, 11) is 3.37. The zero-order chi connectivity index (χ0) is 16.4. The van der Waals surface area contributed by atoms with Gasteiger partial charge >= 0.3 is 5.69 Å². The highest BCUT2D eigenvalue weighted by molar-refractivity contribution is 5.70. The zero-order valence-corrected chi connectivity index (χ0v) is 13.2. The zero-order valence-electron chi connectivity index (χ0n) is 13.2. The number of benzene rings is 1. The molecule has 2 aromatic rings. The summed E-state index contributed by atoms with van der Waals surface area (Å²) < 4.78 is 7.07. The first-order chi connectivity index (χ1) is 11.1. The fraction of sp³-hybridized carbons (Fsp3) is 0.467. The average Bonchev–Trinajstić information content (AvgIpc) is 3.00. The normalized spacial score (nSPS) is 18.0. The third kappa shape index (κ3) is 2.84. The van der Waals surface area contributed by atoms with Gasteiger partial charge in [-0.1, -0.05) is 6.07 Å². The highest BCUT2D eigenvalue weighted by atomic mass is 16.6. The second kappa shape index (κ2) is 6.23. The Bertz CT molecular complexity index is 715. The van der Waals surface area contributed by atoms with Crippen molar-refractivity contribution in [3.63, 3.8) is 0 Å². The number of nitro groups is 1. The van der Waals surface area contributed by atoms with Crippen molar-refractivity contribution in [2.24, 2.45) is 7.05 Å². The number of aryl methyl sites for hydroxylation is 1. The molecule has 8 nitrogen and oxygen atoms in total. The summed E-state index contributed by atoms with van der Waals surface area (Å²) in [6.45, 7) is 1.46. The standard InChI is InChI=1S/C15H19N5O3/c1-18-10-16-17-15(18)11-5-4-8-19(9-11)12-6-3-7-13(23-2)14(12)20(21)22/h3,6-7,10-11H,4-5,8-9H2,1-2H3. The Morgan fingerprint density at radius 2 is 2.26 bits per heavy atom. The Morgan fingerprint density at radius 3 is 2.91 bits per heavy atom. The lowest BCUT2D eigenvalue weighted by molar-refractivity contribution is -0.385. The fourth-order valence-electron chi connectivity index (χ4n) is 3.18. The lowest BCUT2D eigenvalue weighted by atomic mass is 9.96. The van der Waals surface area contributed by atoms with Crippen LogP contribution in [0.25, 0.3) is 0 Å². The molecule has 1 aromatic carbocycles. The van der Waals surface area contributed by atoms with E-state index in [-0.39, 0.29) is 22.3 Å². The molecule has 1 aromatic heterocycles. The van der Waals surface area contributed by atoms with Crippen LogP contribution in [0.2, 0.25) is 0 Å². The number of hydrogen-bond donors (Lipinski definition) is 0. The van der Waals surface area contributed by atoms with E-state index in [4.69, 9.17) is 4.74 Å². The Hall–Kier alpha value is -2.64. The molecule has 23 heavy (non-hydrogen) atoms. The first kappa shape index (κ1) is 15.3. The highest BCUT2D eigenvalue weighted by Gasteiger charge is 2.30. The second-order valence-electron chi connectivity index (χ2n) is 5.67. The Labute approximate surface area is 133 Å². The van der Waals surface area contributed by atoms with Crippen LogP contribution < -0.4 is 9.64 Å². The van der Waals surface area contributed by atoms with E-state index in [0.717, 1.165) is 25.2 Å². The number of para-hydroxylation sites is 1. The van der Waals surface area contributed by atoms with Crippen molar-refractivity contribution in [2.45, 2.75) is 18.8 Å². The molecule has 1 atom stereocenters. The quantitative estimate of drug-likeness (QED) is 0.634. The minimum atomic E-state index is -0.375. The summed E-state index contributed by atoms with van der Waals surface area (Å²) in [4.78, 5) is 13.2. The number of nitrogens with zero attached hydrogens (tertiary/aromatic N) is 5. The maximum absolute atomic E-state index is 11.5. The summed E-state index contributed by atoms with van der Waals surface area (Å²) in [6, 6.07) is 5.18. The second-order valence-corrected chi connectivity index (χ2v) is 5.67. The maximum atomic E-state index is 11.5. The first-order valence-corrected chi connectivity index (χ1v) is 7.52. The van der Waals surface area contributed by atoms with Crippen molar-refractivity contribution < 1.29 is 9.66 Å². The van der Waals surface area contributed by atoms with E-state index in [1.807, 2.05) is 16.5 Å². The lowest BCUT2D eigenvalue weighted by Gasteiger charge is -2.33. The van der Waals surface area contributed by atoms with Gasteiger partial charge in [0.25, 0.3) is 0 Å². The molecule has 0 bridgehead atoms. The topological polar surface area (TPSA) is 86.3 Å². The summed E-state index contributed by atoms with van der Waals surface area (Å²) in [6.07, 6.45) is 3.63. The first-order valence-electron chi connectivity index (χ1n) is 7.52. The van der Waals surface area contributed by atoms with Crippen LogP contribution in [-0.4, -0.2) is 39.9 Å². The number of methoxy groups -OCH3 is 1. The van der Waals surface area contributed by atoms with Gasteiger partial charge in [-0.3, -0.25) is 10.1 Å². The van der Waals surface area contributed by atoms with Gasteiger partial charge in [-0.25, -0.2) is 0 Å². The van der Waals surface area contributed by atoms with Crippen molar-refractivity contribution in [2.75, 3.05) is 25.1 Å². The number of hydrogen-bond acceptors (Lipinski definition) is 6. The molecule has 122 valence electrons. The SMILES string of the molecule is COc1cccc(N2CCCC(c3nncn3C)C2)c1[N+](=O)[O-]. The smallest absolute Gasteiger partial charge is 0.333 e. The molecule has 0 aliphatic carbocycles. The van der Waals surface area contributed by atoms with Crippen LogP contribution in [0.1, 0.15) is 24.6 Å². The summed E-state index contributed by atoms with van der Waals surface area (Å²) in [5.41, 5.74) is 0.620. The monoisotopic (exact) mass is 317 g/mol. The van der Waals surface area contributed by atoms with E-state index >= 15 is 0 Å². The van der Waals surface area contributed by atoms with Crippen LogP contribution in [0, 0.1) is 10.1 Å². The number of nitro benzene ring substituents is 1. The number of rotatable bonds is 4. The van der Waals surface area contributed by atoms with Crippen molar-refractivity contribution in [3.8, 4) is 5.75 Å². The van der Waals surface area contributed by atoms with Crippen LogP contribution in [0.5, 0.6) is 5.75 Å². The summed E-state index contributed by atoms with van der Waals surface area (Å²) >= 11 is 0. The molecule has 0 N–H and O–H groups in total. The number of anilines is 1. The summed E-state index contributed by atoms with van der Waals surface area (Å²) in [5.74, 6) is 1.41. The van der Waals surface area contributed by atoms with Crippen molar-refractivity contribution in [3.05, 3.63) is 40.5 Å². The van der Waals surface area contributed by atoms with Gasteiger partial charge in [0, 0.05) is 26.1 Å². The molecule has 0 amide bonds. The molecule has 0 saturated carbocycles. The molecule has 8 heteroatoms. The molecule has 1 aliphatic heterocycles. The Morgan fingerprint density at radius 1 is 1.43 bits per heavy atom. The van der Waals surface area contributed by atoms with Crippen molar-refractivity contribution >= 4 is 11.4 Å². The van der Waals surface area contributed by atoms with Crippen molar-refractivity contribution in [1.29, 1.82) is 0 Å². The molecule has 0 spiro atoms. The maximum Gasteiger partial charge on any atom is 0.333 e. The third-order valence-corrected chi connectivity index (χ3v) is 4.25. The third-order valence-electron chi connectivity index (χ3n) is 4.25. The van der Waals surface area contributed by atoms with Gasteiger partial charge in [-0.2, -0.15) is 0 Å².